The van der Waals surface area contributed by atoms with E-state index in [4.69, 9.17) is 9.47 Å². The third-order valence-electron chi connectivity index (χ3n) is 2.45. The van der Waals surface area contributed by atoms with Gasteiger partial charge in [0.1, 0.15) is 16.4 Å². The van der Waals surface area contributed by atoms with Crippen molar-refractivity contribution in [3.63, 3.8) is 0 Å². The SMILES string of the molecule is CCCOc1ccc(OC(=O)c2ccc(C)s2)cc1. The van der Waals surface area contributed by atoms with E-state index in [9.17, 15) is 4.79 Å². The molecule has 0 saturated heterocycles. The molecule has 2 aromatic rings. The molecule has 0 atom stereocenters. The lowest BCUT2D eigenvalue weighted by molar-refractivity contribution is 0.0739. The molecule has 0 radical (unpaired) electrons. The first-order valence-electron chi connectivity index (χ1n) is 6.20. The number of ether oxygens (including phenoxy) is 2. The molecule has 0 aliphatic carbocycles. The fourth-order valence-electron chi connectivity index (χ4n) is 1.53. The second-order valence-corrected chi connectivity index (χ2v) is 5.41. The Hall–Kier alpha value is -1.81. The Balaban J connectivity index is 1.97. The summed E-state index contributed by atoms with van der Waals surface area (Å²) in [5.74, 6) is 0.994. The summed E-state index contributed by atoms with van der Waals surface area (Å²) in [6.45, 7) is 4.70. The lowest BCUT2D eigenvalue weighted by Crippen LogP contribution is -2.06. The number of esters is 1. The van der Waals surface area contributed by atoms with Gasteiger partial charge in [-0.15, -0.1) is 11.3 Å². The molecule has 0 saturated carbocycles. The van der Waals surface area contributed by atoms with Gasteiger partial charge >= 0.3 is 5.97 Å². The van der Waals surface area contributed by atoms with Crippen LogP contribution in [0.1, 0.15) is 27.9 Å². The second kappa shape index (κ2) is 6.38. The summed E-state index contributed by atoms with van der Waals surface area (Å²) in [4.78, 5) is 13.5. The van der Waals surface area contributed by atoms with Gasteiger partial charge in [-0.2, -0.15) is 0 Å². The molecule has 100 valence electrons. The quantitative estimate of drug-likeness (QED) is 0.610. The molecule has 2 rings (SSSR count). The van der Waals surface area contributed by atoms with Gasteiger partial charge in [0.25, 0.3) is 0 Å². The predicted molar refractivity (Wildman–Crippen MR) is 76.2 cm³/mol. The molecular formula is C15H16O3S. The molecule has 0 aliphatic rings. The van der Waals surface area contributed by atoms with Crippen molar-refractivity contribution in [2.24, 2.45) is 0 Å². The van der Waals surface area contributed by atoms with Crippen LogP contribution in [0.4, 0.5) is 0 Å². The number of hydrogen-bond donors (Lipinski definition) is 0. The van der Waals surface area contributed by atoms with E-state index in [1.165, 1.54) is 11.3 Å². The topological polar surface area (TPSA) is 35.5 Å². The molecule has 3 nitrogen and oxygen atoms in total. The molecular weight excluding hydrogens is 260 g/mol. The largest absolute Gasteiger partial charge is 0.494 e. The second-order valence-electron chi connectivity index (χ2n) is 4.12. The van der Waals surface area contributed by atoms with Crippen LogP contribution in [-0.2, 0) is 0 Å². The monoisotopic (exact) mass is 276 g/mol. The highest BCUT2D eigenvalue weighted by Gasteiger charge is 2.10. The van der Waals surface area contributed by atoms with Crippen LogP contribution < -0.4 is 9.47 Å². The molecule has 1 aromatic carbocycles. The van der Waals surface area contributed by atoms with Crippen molar-refractivity contribution >= 4 is 17.3 Å². The maximum absolute atomic E-state index is 11.8. The molecule has 1 heterocycles. The van der Waals surface area contributed by atoms with E-state index < -0.39 is 0 Å². The summed E-state index contributed by atoms with van der Waals surface area (Å²) < 4.78 is 10.8. The van der Waals surface area contributed by atoms with Crippen LogP contribution in [0.3, 0.4) is 0 Å². The van der Waals surface area contributed by atoms with Gasteiger partial charge < -0.3 is 9.47 Å². The average Bonchev–Trinajstić information content (AvgIpc) is 2.85. The summed E-state index contributed by atoms with van der Waals surface area (Å²) in [6, 6.07) is 10.8. The van der Waals surface area contributed by atoms with Gasteiger partial charge in [-0.25, -0.2) is 4.79 Å². The van der Waals surface area contributed by atoms with Crippen LogP contribution in [-0.4, -0.2) is 12.6 Å². The lowest BCUT2D eigenvalue weighted by Gasteiger charge is -2.06. The number of rotatable bonds is 5. The Morgan fingerprint density at radius 3 is 2.37 bits per heavy atom. The van der Waals surface area contributed by atoms with Crippen LogP contribution in [0.5, 0.6) is 11.5 Å². The molecule has 0 N–H and O–H groups in total. The summed E-state index contributed by atoms with van der Waals surface area (Å²) in [6.07, 6.45) is 0.967. The molecule has 0 aliphatic heterocycles. The van der Waals surface area contributed by atoms with E-state index >= 15 is 0 Å². The van der Waals surface area contributed by atoms with Crippen LogP contribution in [0.25, 0.3) is 0 Å². The lowest BCUT2D eigenvalue weighted by atomic mass is 10.3. The molecule has 0 amide bonds. The molecule has 4 heteroatoms. The van der Waals surface area contributed by atoms with Gasteiger partial charge in [0.2, 0.25) is 0 Å². The van der Waals surface area contributed by atoms with E-state index in [2.05, 4.69) is 6.92 Å². The standard InChI is InChI=1S/C15H16O3S/c1-3-10-17-12-5-7-13(8-6-12)18-15(16)14-9-4-11(2)19-14/h4-9H,3,10H2,1-2H3. The fraction of sp³-hybridized carbons (Fsp3) is 0.267. The number of thiophene rings is 1. The Bertz CT molecular complexity index is 543. The van der Waals surface area contributed by atoms with Crippen LogP contribution >= 0.6 is 11.3 Å². The van der Waals surface area contributed by atoms with Crippen molar-refractivity contribution in [2.45, 2.75) is 20.3 Å². The summed E-state index contributed by atoms with van der Waals surface area (Å²) in [5, 5.41) is 0. The van der Waals surface area contributed by atoms with Gasteiger partial charge in [-0.3, -0.25) is 0 Å². The van der Waals surface area contributed by atoms with Gasteiger partial charge in [0, 0.05) is 4.88 Å². The molecule has 0 fully saturated rings. The van der Waals surface area contributed by atoms with Crippen molar-refractivity contribution in [3.8, 4) is 11.5 Å². The van der Waals surface area contributed by atoms with E-state index in [1.54, 1.807) is 30.3 Å². The summed E-state index contributed by atoms with van der Waals surface area (Å²) >= 11 is 1.43. The first kappa shape index (κ1) is 13.6. The number of carbonyl (C=O) groups excluding carboxylic acids is 1. The molecule has 0 bridgehead atoms. The third kappa shape index (κ3) is 3.83. The van der Waals surface area contributed by atoms with Crippen molar-refractivity contribution in [1.82, 2.24) is 0 Å². The normalized spacial score (nSPS) is 10.2. The van der Waals surface area contributed by atoms with Gasteiger partial charge in [-0.05, 0) is 49.7 Å². The Kier molecular flexibility index (Phi) is 4.58. The number of aryl methyl sites for hydroxylation is 1. The summed E-state index contributed by atoms with van der Waals surface area (Å²) in [5.41, 5.74) is 0. The molecule has 19 heavy (non-hydrogen) atoms. The number of benzene rings is 1. The molecule has 0 unspecified atom stereocenters. The predicted octanol–water partition coefficient (Wildman–Crippen LogP) is 4.06. The Morgan fingerprint density at radius 1 is 1.11 bits per heavy atom. The van der Waals surface area contributed by atoms with Crippen molar-refractivity contribution in [2.75, 3.05) is 6.61 Å². The Labute approximate surface area is 116 Å². The van der Waals surface area contributed by atoms with E-state index in [-0.39, 0.29) is 5.97 Å². The van der Waals surface area contributed by atoms with Crippen LogP contribution in [0.2, 0.25) is 0 Å². The highest BCUT2D eigenvalue weighted by Crippen LogP contribution is 2.21. The Morgan fingerprint density at radius 2 is 1.79 bits per heavy atom. The van der Waals surface area contributed by atoms with Crippen LogP contribution in [0.15, 0.2) is 36.4 Å². The zero-order chi connectivity index (χ0) is 13.7. The maximum Gasteiger partial charge on any atom is 0.353 e. The van der Waals surface area contributed by atoms with Crippen molar-refractivity contribution in [3.05, 3.63) is 46.2 Å². The van der Waals surface area contributed by atoms with E-state index in [0.29, 0.717) is 17.2 Å². The summed E-state index contributed by atoms with van der Waals surface area (Å²) in [7, 11) is 0. The number of hydrogen-bond acceptors (Lipinski definition) is 4. The van der Waals surface area contributed by atoms with Gasteiger partial charge in [-0.1, -0.05) is 6.92 Å². The van der Waals surface area contributed by atoms with Crippen molar-refractivity contribution in [1.29, 1.82) is 0 Å². The zero-order valence-corrected chi connectivity index (χ0v) is 11.8. The zero-order valence-electron chi connectivity index (χ0n) is 11.0. The highest BCUT2D eigenvalue weighted by atomic mass is 32.1. The minimum Gasteiger partial charge on any atom is -0.494 e. The first-order chi connectivity index (χ1) is 9.19. The van der Waals surface area contributed by atoms with E-state index in [0.717, 1.165) is 17.0 Å². The number of carbonyl (C=O) groups is 1. The highest BCUT2D eigenvalue weighted by molar-refractivity contribution is 7.13. The van der Waals surface area contributed by atoms with Crippen LogP contribution in [0, 0.1) is 6.92 Å². The smallest absolute Gasteiger partial charge is 0.353 e. The molecule has 1 aromatic heterocycles. The van der Waals surface area contributed by atoms with E-state index in [1.807, 2.05) is 13.0 Å². The molecule has 0 spiro atoms. The van der Waals surface area contributed by atoms with Gasteiger partial charge in [0.05, 0.1) is 6.61 Å². The minimum absolute atomic E-state index is 0.319. The average molecular weight is 276 g/mol. The third-order valence-corrected chi connectivity index (χ3v) is 3.43. The van der Waals surface area contributed by atoms with Gasteiger partial charge in [0.15, 0.2) is 0 Å². The minimum atomic E-state index is -0.319. The fourth-order valence-corrected chi connectivity index (χ4v) is 2.27. The maximum atomic E-state index is 11.8. The van der Waals surface area contributed by atoms with Crippen molar-refractivity contribution < 1.29 is 14.3 Å². The first-order valence-corrected chi connectivity index (χ1v) is 7.02.